The first kappa shape index (κ1) is 12.1. The molecule has 0 amide bonds. The van der Waals surface area contributed by atoms with Crippen molar-refractivity contribution in [3.8, 4) is 0 Å². The Morgan fingerprint density at radius 3 is 2.73 bits per heavy atom. The lowest BCUT2D eigenvalue weighted by Crippen LogP contribution is -2.42. The lowest BCUT2D eigenvalue weighted by Gasteiger charge is -2.27. The van der Waals surface area contributed by atoms with Crippen LogP contribution >= 0.6 is 0 Å². The van der Waals surface area contributed by atoms with Gasteiger partial charge in [0, 0.05) is 20.1 Å². The predicted octanol–water partition coefficient (Wildman–Crippen LogP) is 0.312. The number of aryl methyl sites for hydroxylation is 1. The summed E-state index contributed by atoms with van der Waals surface area (Å²) in [6.45, 7) is 7.09. The molecule has 1 heterocycles. The van der Waals surface area contributed by atoms with Crippen LogP contribution in [0.4, 0.5) is 0 Å². The van der Waals surface area contributed by atoms with E-state index >= 15 is 0 Å². The largest absolute Gasteiger partial charge is 0.389 e. The van der Waals surface area contributed by atoms with Gasteiger partial charge in [0.1, 0.15) is 0 Å². The highest BCUT2D eigenvalue weighted by atomic mass is 16.3. The van der Waals surface area contributed by atoms with Gasteiger partial charge in [-0.2, -0.15) is 0 Å². The van der Waals surface area contributed by atoms with Gasteiger partial charge in [0.05, 0.1) is 17.5 Å². The van der Waals surface area contributed by atoms with E-state index in [1.54, 1.807) is 10.9 Å². The third-order valence-electron chi connectivity index (χ3n) is 2.84. The van der Waals surface area contributed by atoms with Gasteiger partial charge in [-0.25, -0.2) is 0 Å². The molecule has 0 bridgehead atoms. The van der Waals surface area contributed by atoms with Gasteiger partial charge in [-0.1, -0.05) is 19.1 Å². The number of hydrogen-bond acceptors (Lipinski definition) is 4. The predicted molar refractivity (Wildman–Crippen MR) is 58.2 cm³/mol. The smallest absolute Gasteiger partial charge is 0.0766 e. The fraction of sp³-hybridized carbons (Fsp3) is 0.800. The van der Waals surface area contributed by atoms with Crippen molar-refractivity contribution in [1.82, 2.24) is 20.3 Å². The van der Waals surface area contributed by atoms with Crippen molar-refractivity contribution < 1.29 is 5.11 Å². The SMILES string of the molecule is CC(C)C(C)(O)CNCc1cnnn1C. The first-order valence-corrected chi connectivity index (χ1v) is 5.20. The minimum atomic E-state index is -0.675. The van der Waals surface area contributed by atoms with Crippen LogP contribution in [0.2, 0.25) is 0 Å². The number of aromatic nitrogens is 3. The molecule has 0 aliphatic rings. The highest BCUT2D eigenvalue weighted by Gasteiger charge is 2.24. The van der Waals surface area contributed by atoms with Crippen LogP contribution in [0.5, 0.6) is 0 Å². The third-order valence-corrected chi connectivity index (χ3v) is 2.84. The van der Waals surface area contributed by atoms with Crippen LogP contribution in [-0.4, -0.2) is 32.2 Å². The van der Waals surface area contributed by atoms with E-state index in [1.165, 1.54) is 0 Å². The third kappa shape index (κ3) is 3.28. The van der Waals surface area contributed by atoms with Gasteiger partial charge in [0.15, 0.2) is 0 Å². The molecule has 1 rings (SSSR count). The zero-order valence-electron chi connectivity index (χ0n) is 9.86. The van der Waals surface area contributed by atoms with Gasteiger partial charge < -0.3 is 10.4 Å². The summed E-state index contributed by atoms with van der Waals surface area (Å²) in [5.41, 5.74) is 0.334. The van der Waals surface area contributed by atoms with E-state index in [9.17, 15) is 5.11 Å². The molecule has 0 aliphatic heterocycles. The minimum absolute atomic E-state index is 0.231. The van der Waals surface area contributed by atoms with Crippen LogP contribution in [-0.2, 0) is 13.6 Å². The van der Waals surface area contributed by atoms with Crippen molar-refractivity contribution in [3.05, 3.63) is 11.9 Å². The molecule has 1 unspecified atom stereocenters. The van der Waals surface area contributed by atoms with Crippen LogP contribution in [0.3, 0.4) is 0 Å². The Bertz CT molecular complexity index is 306. The summed E-state index contributed by atoms with van der Waals surface area (Å²) in [7, 11) is 1.85. The van der Waals surface area contributed by atoms with Crippen molar-refractivity contribution in [3.63, 3.8) is 0 Å². The number of nitrogens with one attached hydrogen (secondary N) is 1. The van der Waals surface area contributed by atoms with Gasteiger partial charge in [-0.05, 0) is 12.8 Å². The second kappa shape index (κ2) is 4.72. The number of hydrogen-bond donors (Lipinski definition) is 2. The topological polar surface area (TPSA) is 63.0 Å². The summed E-state index contributed by atoms with van der Waals surface area (Å²) >= 11 is 0. The van der Waals surface area contributed by atoms with E-state index < -0.39 is 5.60 Å². The van der Waals surface area contributed by atoms with Crippen molar-refractivity contribution in [2.45, 2.75) is 32.9 Å². The average molecular weight is 212 g/mol. The van der Waals surface area contributed by atoms with Crippen molar-refractivity contribution in [1.29, 1.82) is 0 Å². The Morgan fingerprint density at radius 1 is 1.60 bits per heavy atom. The van der Waals surface area contributed by atoms with Gasteiger partial charge >= 0.3 is 0 Å². The van der Waals surface area contributed by atoms with Crippen LogP contribution in [0.1, 0.15) is 26.5 Å². The molecule has 1 atom stereocenters. The van der Waals surface area contributed by atoms with Crippen molar-refractivity contribution >= 4 is 0 Å². The monoisotopic (exact) mass is 212 g/mol. The molecule has 0 aromatic carbocycles. The Balaban J connectivity index is 2.37. The van der Waals surface area contributed by atoms with Gasteiger partial charge in [0.25, 0.3) is 0 Å². The van der Waals surface area contributed by atoms with Crippen LogP contribution < -0.4 is 5.32 Å². The fourth-order valence-electron chi connectivity index (χ4n) is 1.12. The maximum absolute atomic E-state index is 9.99. The molecule has 1 aromatic heterocycles. The lowest BCUT2D eigenvalue weighted by molar-refractivity contribution is 0.0138. The molecule has 5 nitrogen and oxygen atoms in total. The summed E-state index contributed by atoms with van der Waals surface area (Å²) in [4.78, 5) is 0. The zero-order chi connectivity index (χ0) is 11.5. The Morgan fingerprint density at radius 2 is 2.27 bits per heavy atom. The average Bonchev–Trinajstić information content (AvgIpc) is 2.51. The molecule has 1 aromatic rings. The highest BCUT2D eigenvalue weighted by molar-refractivity contribution is 4.93. The second-order valence-electron chi connectivity index (χ2n) is 4.46. The molecule has 0 saturated heterocycles. The normalized spacial score (nSPS) is 15.6. The van der Waals surface area contributed by atoms with Crippen LogP contribution in [0, 0.1) is 5.92 Å². The van der Waals surface area contributed by atoms with Gasteiger partial charge in [0.2, 0.25) is 0 Å². The summed E-state index contributed by atoms with van der Waals surface area (Å²) < 4.78 is 1.72. The van der Waals surface area contributed by atoms with Crippen LogP contribution in [0.25, 0.3) is 0 Å². The molecule has 0 aliphatic carbocycles. The van der Waals surface area contributed by atoms with E-state index in [1.807, 2.05) is 27.8 Å². The summed E-state index contributed by atoms with van der Waals surface area (Å²) in [5.74, 6) is 0.231. The van der Waals surface area contributed by atoms with E-state index in [0.29, 0.717) is 13.1 Å². The molecule has 0 saturated carbocycles. The number of rotatable bonds is 5. The van der Waals surface area contributed by atoms with Gasteiger partial charge in [-0.15, -0.1) is 5.10 Å². The molecule has 2 N–H and O–H groups in total. The van der Waals surface area contributed by atoms with Crippen molar-refractivity contribution in [2.75, 3.05) is 6.54 Å². The fourth-order valence-corrected chi connectivity index (χ4v) is 1.12. The number of aliphatic hydroxyl groups is 1. The van der Waals surface area contributed by atoms with E-state index in [0.717, 1.165) is 5.69 Å². The molecule has 0 fully saturated rings. The zero-order valence-corrected chi connectivity index (χ0v) is 9.86. The van der Waals surface area contributed by atoms with E-state index in [2.05, 4.69) is 15.6 Å². The first-order valence-electron chi connectivity index (χ1n) is 5.20. The van der Waals surface area contributed by atoms with Crippen molar-refractivity contribution in [2.24, 2.45) is 13.0 Å². The highest BCUT2D eigenvalue weighted by Crippen LogP contribution is 2.14. The quantitative estimate of drug-likeness (QED) is 0.737. The minimum Gasteiger partial charge on any atom is -0.389 e. The van der Waals surface area contributed by atoms with Crippen LogP contribution in [0.15, 0.2) is 6.20 Å². The lowest BCUT2D eigenvalue weighted by atomic mass is 9.92. The second-order valence-corrected chi connectivity index (χ2v) is 4.46. The van der Waals surface area contributed by atoms with E-state index in [4.69, 9.17) is 0 Å². The molecule has 0 radical (unpaired) electrons. The first-order chi connectivity index (χ1) is 6.93. The Kier molecular flexibility index (Phi) is 3.82. The molecule has 0 spiro atoms. The maximum atomic E-state index is 9.99. The summed E-state index contributed by atoms with van der Waals surface area (Å²) in [6, 6.07) is 0. The molecule has 15 heavy (non-hydrogen) atoms. The Hall–Kier alpha value is -0.940. The summed E-state index contributed by atoms with van der Waals surface area (Å²) in [6.07, 6.45) is 1.72. The summed E-state index contributed by atoms with van der Waals surface area (Å²) in [5, 5.41) is 20.8. The Labute approximate surface area is 90.5 Å². The number of nitrogens with zero attached hydrogens (tertiary/aromatic N) is 3. The molecule has 86 valence electrons. The molecule has 5 heteroatoms. The van der Waals surface area contributed by atoms with Gasteiger partial charge in [-0.3, -0.25) is 4.68 Å². The molecular weight excluding hydrogens is 192 g/mol. The van der Waals surface area contributed by atoms with E-state index in [-0.39, 0.29) is 5.92 Å². The standard InChI is InChI=1S/C10H20N4O/c1-8(2)10(3,15)7-11-5-9-6-12-13-14(9)4/h6,8,11,15H,5,7H2,1-4H3. The molecular formula is C10H20N4O. The maximum Gasteiger partial charge on any atom is 0.0766 e.